The third kappa shape index (κ3) is 2.13. The van der Waals surface area contributed by atoms with Gasteiger partial charge in [-0.3, -0.25) is 0 Å². The molecule has 0 unspecified atom stereocenters. The number of rotatable bonds is 2. The Morgan fingerprint density at radius 3 is 2.60 bits per heavy atom. The predicted molar refractivity (Wildman–Crippen MR) is 77.8 cm³/mol. The molecule has 0 bridgehead atoms. The molecule has 1 heterocycles. The summed E-state index contributed by atoms with van der Waals surface area (Å²) in [5.41, 5.74) is 8.28. The van der Waals surface area contributed by atoms with Gasteiger partial charge in [-0.1, -0.05) is 35.9 Å². The Labute approximate surface area is 120 Å². The molecule has 0 aliphatic heterocycles. The van der Waals surface area contributed by atoms with E-state index in [1.165, 1.54) is 6.07 Å². The second kappa shape index (κ2) is 5.15. The van der Waals surface area contributed by atoms with Crippen LogP contribution in [0.3, 0.4) is 0 Å². The van der Waals surface area contributed by atoms with Crippen molar-refractivity contribution in [1.82, 2.24) is 9.97 Å². The van der Waals surface area contributed by atoms with Gasteiger partial charge in [0.05, 0.1) is 21.9 Å². The SMILES string of the molecule is NCc1nc2c(F)cccc2nc1-c1ccccc1Cl. The van der Waals surface area contributed by atoms with Crippen LogP contribution in [0.4, 0.5) is 4.39 Å². The van der Waals surface area contributed by atoms with Crippen LogP contribution in [-0.4, -0.2) is 9.97 Å². The molecule has 0 saturated carbocycles. The van der Waals surface area contributed by atoms with E-state index in [4.69, 9.17) is 17.3 Å². The number of para-hydroxylation sites is 1. The maximum absolute atomic E-state index is 13.7. The molecule has 1 aromatic heterocycles. The number of benzene rings is 2. The Kier molecular flexibility index (Phi) is 3.34. The first-order valence-electron chi connectivity index (χ1n) is 6.11. The zero-order valence-electron chi connectivity index (χ0n) is 10.5. The molecule has 2 N–H and O–H groups in total. The standard InChI is InChI=1S/C15H11ClFN3/c16-10-5-2-1-4-9(10)14-13(8-18)20-15-11(17)6-3-7-12(15)19-14/h1-7H,8,18H2. The Morgan fingerprint density at radius 1 is 1.05 bits per heavy atom. The van der Waals surface area contributed by atoms with E-state index in [0.717, 1.165) is 5.56 Å². The molecule has 0 aliphatic rings. The lowest BCUT2D eigenvalue weighted by Gasteiger charge is -2.10. The van der Waals surface area contributed by atoms with Crippen molar-refractivity contribution >= 4 is 22.6 Å². The quantitative estimate of drug-likeness (QED) is 0.784. The Balaban J connectivity index is 2.33. The van der Waals surface area contributed by atoms with Crippen LogP contribution >= 0.6 is 11.6 Å². The average Bonchev–Trinajstić information content (AvgIpc) is 2.47. The number of fused-ring (bicyclic) bond motifs is 1. The molecule has 0 spiro atoms. The third-order valence-corrected chi connectivity index (χ3v) is 3.37. The normalized spacial score (nSPS) is 10.9. The van der Waals surface area contributed by atoms with Crippen LogP contribution in [-0.2, 0) is 6.54 Å². The fraction of sp³-hybridized carbons (Fsp3) is 0.0667. The first-order valence-corrected chi connectivity index (χ1v) is 6.48. The molecule has 100 valence electrons. The van der Waals surface area contributed by atoms with E-state index >= 15 is 0 Å². The van der Waals surface area contributed by atoms with Crippen LogP contribution in [0.5, 0.6) is 0 Å². The van der Waals surface area contributed by atoms with Crippen molar-refractivity contribution in [3.05, 3.63) is 59.0 Å². The lowest BCUT2D eigenvalue weighted by molar-refractivity contribution is 0.636. The summed E-state index contributed by atoms with van der Waals surface area (Å²) in [5.74, 6) is -0.407. The Morgan fingerprint density at radius 2 is 1.85 bits per heavy atom. The molecule has 3 aromatic rings. The maximum Gasteiger partial charge on any atom is 0.151 e. The lowest BCUT2D eigenvalue weighted by Crippen LogP contribution is -2.05. The van der Waals surface area contributed by atoms with Gasteiger partial charge in [0.2, 0.25) is 0 Å². The molecule has 0 fully saturated rings. The molecule has 0 atom stereocenters. The number of hydrogen-bond acceptors (Lipinski definition) is 3. The van der Waals surface area contributed by atoms with Crippen molar-refractivity contribution < 1.29 is 4.39 Å². The van der Waals surface area contributed by atoms with Crippen LogP contribution in [0, 0.1) is 5.82 Å². The number of halogens is 2. The lowest BCUT2D eigenvalue weighted by atomic mass is 10.1. The predicted octanol–water partition coefficient (Wildman–Crippen LogP) is 3.55. The minimum Gasteiger partial charge on any atom is -0.325 e. The van der Waals surface area contributed by atoms with Crippen LogP contribution in [0.25, 0.3) is 22.3 Å². The fourth-order valence-corrected chi connectivity index (χ4v) is 2.31. The van der Waals surface area contributed by atoms with Gasteiger partial charge in [0.25, 0.3) is 0 Å². The van der Waals surface area contributed by atoms with Crippen molar-refractivity contribution in [3.8, 4) is 11.3 Å². The van der Waals surface area contributed by atoms with Crippen molar-refractivity contribution in [2.24, 2.45) is 5.73 Å². The van der Waals surface area contributed by atoms with Crippen LogP contribution < -0.4 is 5.73 Å². The first kappa shape index (κ1) is 13.0. The molecule has 5 heteroatoms. The summed E-state index contributed by atoms with van der Waals surface area (Å²) in [6.07, 6.45) is 0. The van der Waals surface area contributed by atoms with E-state index in [9.17, 15) is 4.39 Å². The highest BCUT2D eigenvalue weighted by Crippen LogP contribution is 2.29. The topological polar surface area (TPSA) is 51.8 Å². The molecular weight excluding hydrogens is 277 g/mol. The van der Waals surface area contributed by atoms with E-state index in [0.29, 0.717) is 21.9 Å². The van der Waals surface area contributed by atoms with E-state index in [1.807, 2.05) is 18.2 Å². The van der Waals surface area contributed by atoms with Gasteiger partial charge in [-0.15, -0.1) is 0 Å². The molecule has 0 saturated heterocycles. The zero-order valence-corrected chi connectivity index (χ0v) is 11.2. The van der Waals surface area contributed by atoms with Gasteiger partial charge < -0.3 is 5.73 Å². The summed E-state index contributed by atoms with van der Waals surface area (Å²) in [4.78, 5) is 8.76. The summed E-state index contributed by atoms with van der Waals surface area (Å²) in [6, 6.07) is 12.0. The fourth-order valence-electron chi connectivity index (χ4n) is 2.09. The van der Waals surface area contributed by atoms with Gasteiger partial charge in [-0.2, -0.15) is 0 Å². The van der Waals surface area contributed by atoms with Crippen LogP contribution in [0.15, 0.2) is 42.5 Å². The van der Waals surface area contributed by atoms with Gasteiger partial charge in [0, 0.05) is 12.1 Å². The molecular formula is C15H11ClFN3. The minimum atomic E-state index is -0.407. The summed E-state index contributed by atoms with van der Waals surface area (Å²) in [7, 11) is 0. The van der Waals surface area contributed by atoms with Crippen molar-refractivity contribution in [2.45, 2.75) is 6.54 Å². The zero-order chi connectivity index (χ0) is 14.1. The van der Waals surface area contributed by atoms with Gasteiger partial charge >= 0.3 is 0 Å². The number of aromatic nitrogens is 2. The molecule has 2 aromatic carbocycles. The van der Waals surface area contributed by atoms with Gasteiger partial charge in [0.15, 0.2) is 5.82 Å². The molecule has 0 radical (unpaired) electrons. The average molecular weight is 288 g/mol. The van der Waals surface area contributed by atoms with Crippen LogP contribution in [0.2, 0.25) is 5.02 Å². The highest BCUT2D eigenvalue weighted by Gasteiger charge is 2.14. The molecule has 20 heavy (non-hydrogen) atoms. The van der Waals surface area contributed by atoms with Crippen molar-refractivity contribution in [2.75, 3.05) is 0 Å². The summed E-state index contributed by atoms with van der Waals surface area (Å²) >= 11 is 6.19. The molecule has 0 amide bonds. The minimum absolute atomic E-state index is 0.165. The largest absolute Gasteiger partial charge is 0.325 e. The monoisotopic (exact) mass is 287 g/mol. The third-order valence-electron chi connectivity index (χ3n) is 3.04. The van der Waals surface area contributed by atoms with E-state index in [-0.39, 0.29) is 12.1 Å². The Bertz CT molecular complexity index is 789. The Hall–Kier alpha value is -2.04. The van der Waals surface area contributed by atoms with Crippen LogP contribution in [0.1, 0.15) is 5.69 Å². The van der Waals surface area contributed by atoms with E-state index in [2.05, 4.69) is 9.97 Å². The highest BCUT2D eigenvalue weighted by molar-refractivity contribution is 6.33. The van der Waals surface area contributed by atoms with Crippen molar-refractivity contribution in [3.63, 3.8) is 0 Å². The number of hydrogen-bond donors (Lipinski definition) is 1. The molecule has 3 rings (SSSR count). The van der Waals surface area contributed by atoms with Gasteiger partial charge in [-0.25, -0.2) is 14.4 Å². The molecule has 3 nitrogen and oxygen atoms in total. The number of nitrogens with zero attached hydrogens (tertiary/aromatic N) is 2. The summed E-state index contributed by atoms with van der Waals surface area (Å²) < 4.78 is 13.7. The van der Waals surface area contributed by atoms with Crippen molar-refractivity contribution in [1.29, 1.82) is 0 Å². The van der Waals surface area contributed by atoms with Gasteiger partial charge in [0.1, 0.15) is 5.52 Å². The van der Waals surface area contributed by atoms with E-state index < -0.39 is 5.82 Å². The highest BCUT2D eigenvalue weighted by atomic mass is 35.5. The van der Waals surface area contributed by atoms with Gasteiger partial charge in [-0.05, 0) is 18.2 Å². The second-order valence-corrected chi connectivity index (χ2v) is 4.72. The smallest absolute Gasteiger partial charge is 0.151 e. The first-order chi connectivity index (χ1) is 9.70. The summed E-state index contributed by atoms with van der Waals surface area (Å²) in [5, 5.41) is 0.562. The maximum atomic E-state index is 13.7. The summed E-state index contributed by atoms with van der Waals surface area (Å²) in [6.45, 7) is 0.165. The van der Waals surface area contributed by atoms with E-state index in [1.54, 1.807) is 18.2 Å². The molecule has 0 aliphatic carbocycles. The number of nitrogens with two attached hydrogens (primary N) is 1. The second-order valence-electron chi connectivity index (χ2n) is 4.31.